The number of carbonyl (C=O) groups is 2. The molecule has 3 atom stereocenters. The highest BCUT2D eigenvalue weighted by molar-refractivity contribution is 5.80. The summed E-state index contributed by atoms with van der Waals surface area (Å²) in [7, 11) is 4.44. The number of halogens is 5. The van der Waals surface area contributed by atoms with Crippen molar-refractivity contribution < 1.29 is 50.5 Å². The molecule has 2 aliphatic rings. The van der Waals surface area contributed by atoms with Crippen LogP contribution in [0.4, 0.5) is 26.7 Å². The zero-order chi connectivity index (χ0) is 33.7. The number of rotatable bonds is 5. The normalized spacial score (nSPS) is 19.6. The van der Waals surface area contributed by atoms with Crippen LogP contribution < -0.4 is 14.2 Å². The third-order valence-electron chi connectivity index (χ3n) is 8.23. The van der Waals surface area contributed by atoms with Crippen LogP contribution in [-0.4, -0.2) is 60.8 Å². The molecule has 46 heavy (non-hydrogen) atoms. The Bertz CT molecular complexity index is 1660. The number of methoxy groups -OCH3 is 2. The van der Waals surface area contributed by atoms with Crippen LogP contribution in [-0.2, 0) is 28.9 Å². The van der Waals surface area contributed by atoms with Gasteiger partial charge in [-0.2, -0.15) is 8.78 Å². The summed E-state index contributed by atoms with van der Waals surface area (Å²) in [5, 5.41) is 0. The van der Waals surface area contributed by atoms with Gasteiger partial charge in [0.25, 0.3) is 0 Å². The van der Waals surface area contributed by atoms with Crippen molar-refractivity contribution in [3.63, 3.8) is 0 Å². The number of hydrogen-bond donors (Lipinski definition) is 0. The topological polar surface area (TPSA) is 77.5 Å². The van der Waals surface area contributed by atoms with Crippen LogP contribution in [0.1, 0.15) is 49.1 Å². The van der Waals surface area contributed by atoms with E-state index in [-0.39, 0.29) is 13.0 Å². The van der Waals surface area contributed by atoms with Gasteiger partial charge in [0.15, 0.2) is 11.5 Å². The Balaban J connectivity index is 1.63. The maximum atomic E-state index is 14.5. The second kappa shape index (κ2) is 12.4. The molecule has 0 saturated carbocycles. The molecule has 246 valence electrons. The van der Waals surface area contributed by atoms with Crippen LogP contribution in [0.2, 0.25) is 0 Å². The van der Waals surface area contributed by atoms with Crippen molar-refractivity contribution in [2.45, 2.75) is 63.9 Å². The molecular weight excluding hydrogens is 615 g/mol. The minimum atomic E-state index is -2.38. The van der Waals surface area contributed by atoms with Gasteiger partial charge < -0.3 is 18.9 Å². The van der Waals surface area contributed by atoms with Gasteiger partial charge in [-0.3, -0.25) is 9.80 Å². The lowest BCUT2D eigenvalue weighted by Gasteiger charge is -2.48. The molecule has 13 heteroatoms. The molecule has 0 radical (unpaired) electrons. The quantitative estimate of drug-likeness (QED) is 0.106. The summed E-state index contributed by atoms with van der Waals surface area (Å²) in [6.45, 7) is 5.40. The summed E-state index contributed by atoms with van der Waals surface area (Å²) >= 11 is 0. The van der Waals surface area contributed by atoms with Gasteiger partial charge >= 0.3 is 12.1 Å². The summed E-state index contributed by atoms with van der Waals surface area (Å²) in [4.78, 5) is 30.4. The van der Waals surface area contributed by atoms with Gasteiger partial charge in [0.1, 0.15) is 11.6 Å². The fourth-order valence-corrected chi connectivity index (χ4v) is 6.08. The number of carbonyl (C=O) groups excluding carboxylic acids is 2. The molecule has 0 aromatic heterocycles. The van der Waals surface area contributed by atoms with Crippen molar-refractivity contribution >= 4 is 12.1 Å². The zero-order valence-electron chi connectivity index (χ0n) is 26.1. The third kappa shape index (κ3) is 5.95. The van der Waals surface area contributed by atoms with E-state index >= 15 is 0 Å². The predicted octanol–water partition coefficient (Wildman–Crippen LogP) is 6.26. The van der Waals surface area contributed by atoms with Gasteiger partial charge in [0, 0.05) is 6.54 Å². The van der Waals surface area contributed by atoms with Gasteiger partial charge in [-0.05, 0) is 75.0 Å². The maximum absolute atomic E-state index is 14.5. The summed E-state index contributed by atoms with van der Waals surface area (Å²) in [5.74, 6) is -13.7. The number of likely N-dealkylation sites (N-methyl/N-ethyl adjacent to an activating group) is 1. The van der Waals surface area contributed by atoms with E-state index in [1.807, 2.05) is 24.3 Å². The van der Waals surface area contributed by atoms with Gasteiger partial charge in [-0.25, -0.2) is 22.8 Å². The fraction of sp³-hybridized carbons (Fsp3) is 0.394. The largest absolute Gasteiger partial charge is 0.493 e. The molecule has 2 aliphatic heterocycles. The van der Waals surface area contributed by atoms with E-state index in [0.29, 0.717) is 29.0 Å². The molecule has 1 amide bonds. The Morgan fingerprint density at radius 1 is 0.804 bits per heavy atom. The highest BCUT2D eigenvalue weighted by Gasteiger charge is 2.47. The first kappa shape index (κ1) is 33.0. The van der Waals surface area contributed by atoms with Crippen LogP contribution in [0.3, 0.4) is 0 Å². The first-order valence-electron chi connectivity index (χ1n) is 14.4. The third-order valence-corrected chi connectivity index (χ3v) is 8.23. The van der Waals surface area contributed by atoms with E-state index in [9.17, 15) is 31.5 Å². The number of benzene rings is 3. The van der Waals surface area contributed by atoms with Gasteiger partial charge in [-0.1, -0.05) is 24.3 Å². The average Bonchev–Trinajstić information content (AvgIpc) is 3.02. The SMILES string of the molecule is COc1cc2c(cc1OC)[C@H]([C@@H]1Cc3ccccc3CN1C(=O)OC(C)(C)C)N(C)[C@H](C(=O)Oc1c(F)c(F)c(F)c(F)c1F)C2. The second-order valence-corrected chi connectivity index (χ2v) is 12.2. The molecule has 0 saturated heterocycles. The lowest BCUT2D eigenvalue weighted by atomic mass is 9.80. The molecule has 0 bridgehead atoms. The molecule has 0 unspecified atom stereocenters. The molecule has 3 aromatic carbocycles. The van der Waals surface area contributed by atoms with Gasteiger partial charge in [0.2, 0.25) is 34.8 Å². The molecule has 2 heterocycles. The van der Waals surface area contributed by atoms with Crippen molar-refractivity contribution in [2.24, 2.45) is 0 Å². The lowest BCUT2D eigenvalue weighted by molar-refractivity contribution is -0.142. The molecule has 5 rings (SSSR count). The minimum absolute atomic E-state index is 0.0906. The van der Waals surface area contributed by atoms with Crippen LogP contribution in [0.5, 0.6) is 17.2 Å². The Morgan fingerprint density at radius 3 is 1.96 bits per heavy atom. The number of esters is 1. The summed E-state index contributed by atoms with van der Waals surface area (Å²) < 4.78 is 92.4. The van der Waals surface area contributed by atoms with E-state index in [4.69, 9.17) is 18.9 Å². The molecule has 0 aliphatic carbocycles. The van der Waals surface area contributed by atoms with Crippen LogP contribution in [0.15, 0.2) is 36.4 Å². The molecule has 0 fully saturated rings. The monoisotopic (exact) mass is 648 g/mol. The molecular formula is C33H33F5N2O6. The number of amides is 1. The number of ether oxygens (including phenoxy) is 4. The van der Waals surface area contributed by atoms with E-state index in [2.05, 4.69) is 0 Å². The smallest absolute Gasteiger partial charge is 0.410 e. The van der Waals surface area contributed by atoms with Crippen molar-refractivity contribution in [2.75, 3.05) is 21.3 Å². The molecule has 3 aromatic rings. The summed E-state index contributed by atoms with van der Waals surface area (Å²) in [6, 6.07) is 8.22. The average molecular weight is 649 g/mol. The van der Waals surface area contributed by atoms with Crippen molar-refractivity contribution in [3.05, 3.63) is 87.7 Å². The second-order valence-electron chi connectivity index (χ2n) is 12.2. The Kier molecular flexibility index (Phi) is 8.91. The van der Waals surface area contributed by atoms with Gasteiger partial charge in [-0.15, -0.1) is 0 Å². The highest BCUT2D eigenvalue weighted by atomic mass is 19.2. The van der Waals surface area contributed by atoms with Crippen molar-refractivity contribution in [1.82, 2.24) is 9.80 Å². The van der Waals surface area contributed by atoms with E-state index in [0.717, 1.165) is 11.1 Å². The standard InChI is InChI=1S/C33H33F5N2O6/c1-33(2,3)46-32(42)40-15-17-10-8-7-9-16(17)11-20(40)29-19-14-23(44-6)22(43-5)13-18(19)12-21(39(29)4)31(41)45-30-27(37)25(35)24(34)26(36)28(30)38/h7-10,13-14,20-21,29H,11-12,15H2,1-6H3/t20-,21-,29+/m0/s1. The fourth-order valence-electron chi connectivity index (χ4n) is 6.08. The minimum Gasteiger partial charge on any atom is -0.493 e. The summed E-state index contributed by atoms with van der Waals surface area (Å²) in [5.41, 5.74) is 2.25. The molecule has 0 spiro atoms. The predicted molar refractivity (Wildman–Crippen MR) is 155 cm³/mol. The molecule has 8 nitrogen and oxygen atoms in total. The zero-order valence-corrected chi connectivity index (χ0v) is 26.1. The van der Waals surface area contributed by atoms with E-state index < -0.39 is 70.6 Å². The van der Waals surface area contributed by atoms with Crippen LogP contribution in [0.25, 0.3) is 0 Å². The first-order chi connectivity index (χ1) is 21.7. The number of fused-ring (bicyclic) bond motifs is 2. The molecule has 0 N–H and O–H groups in total. The highest BCUT2D eigenvalue weighted by Crippen LogP contribution is 2.44. The van der Waals surface area contributed by atoms with E-state index in [1.165, 1.54) is 14.2 Å². The van der Waals surface area contributed by atoms with Crippen molar-refractivity contribution in [1.29, 1.82) is 0 Å². The number of nitrogens with zero attached hydrogens (tertiary/aromatic N) is 2. The lowest BCUT2D eigenvalue weighted by Crippen LogP contribution is -2.57. The van der Waals surface area contributed by atoms with Crippen molar-refractivity contribution in [3.8, 4) is 17.2 Å². The van der Waals surface area contributed by atoms with E-state index in [1.54, 1.807) is 49.8 Å². The Morgan fingerprint density at radius 2 is 1.37 bits per heavy atom. The first-order valence-corrected chi connectivity index (χ1v) is 14.4. The Labute approximate surface area is 262 Å². The van der Waals surface area contributed by atoms with Crippen LogP contribution in [0, 0.1) is 29.1 Å². The van der Waals surface area contributed by atoms with Gasteiger partial charge in [0.05, 0.1) is 26.3 Å². The maximum Gasteiger partial charge on any atom is 0.410 e. The Hall–Kier alpha value is -4.39. The number of hydrogen-bond acceptors (Lipinski definition) is 7. The van der Waals surface area contributed by atoms with Crippen LogP contribution >= 0.6 is 0 Å². The summed E-state index contributed by atoms with van der Waals surface area (Å²) in [6.07, 6.45) is -0.363.